The molecule has 0 aliphatic heterocycles. The van der Waals surface area contributed by atoms with Crippen LogP contribution in [-0.2, 0) is 9.47 Å². The van der Waals surface area contributed by atoms with Gasteiger partial charge in [-0.3, -0.25) is 0 Å². The summed E-state index contributed by atoms with van der Waals surface area (Å²) >= 11 is 0. The highest BCUT2D eigenvalue weighted by atomic mass is 16.5. The van der Waals surface area contributed by atoms with Gasteiger partial charge in [0.1, 0.15) is 0 Å². The van der Waals surface area contributed by atoms with Crippen molar-refractivity contribution in [3.63, 3.8) is 0 Å². The Kier molecular flexibility index (Phi) is 7.29. The van der Waals surface area contributed by atoms with Crippen LogP contribution < -0.4 is 5.32 Å². The molecule has 0 amide bonds. The van der Waals surface area contributed by atoms with Crippen molar-refractivity contribution < 1.29 is 14.6 Å². The molecule has 114 valence electrons. The third-order valence-corrected chi connectivity index (χ3v) is 3.68. The molecule has 1 fully saturated rings. The topological polar surface area (TPSA) is 50.7 Å². The number of hydrogen-bond donors (Lipinski definition) is 2. The molecule has 1 rings (SSSR count). The van der Waals surface area contributed by atoms with Gasteiger partial charge in [0.25, 0.3) is 0 Å². The van der Waals surface area contributed by atoms with Crippen LogP contribution in [0.5, 0.6) is 0 Å². The Hall–Kier alpha value is -0.160. The summed E-state index contributed by atoms with van der Waals surface area (Å²) in [7, 11) is 0. The molecule has 1 aliphatic carbocycles. The molecule has 2 N–H and O–H groups in total. The van der Waals surface area contributed by atoms with E-state index >= 15 is 0 Å². The Bertz CT molecular complexity index is 248. The van der Waals surface area contributed by atoms with Crippen LogP contribution in [-0.4, -0.2) is 48.7 Å². The van der Waals surface area contributed by atoms with Gasteiger partial charge >= 0.3 is 0 Å². The standard InChI is InChI=1S/C15H31NO3/c1-5-18-10-13(4)19-14-7-6-8-15(9-14,11-17)16-12(2)3/h12-14,16-17H,5-11H2,1-4H3. The summed E-state index contributed by atoms with van der Waals surface area (Å²) in [4.78, 5) is 0. The number of aliphatic hydroxyl groups is 1. The molecule has 1 saturated carbocycles. The molecule has 19 heavy (non-hydrogen) atoms. The lowest BCUT2D eigenvalue weighted by Crippen LogP contribution is -2.55. The van der Waals surface area contributed by atoms with Crippen LogP contribution in [0.1, 0.15) is 53.4 Å². The van der Waals surface area contributed by atoms with E-state index in [1.165, 1.54) is 0 Å². The lowest BCUT2D eigenvalue weighted by atomic mass is 9.80. The molecule has 3 unspecified atom stereocenters. The molecule has 0 spiro atoms. The van der Waals surface area contributed by atoms with E-state index in [0.717, 1.165) is 32.3 Å². The van der Waals surface area contributed by atoms with Crippen LogP contribution >= 0.6 is 0 Å². The molecule has 0 bridgehead atoms. The van der Waals surface area contributed by atoms with Gasteiger partial charge < -0.3 is 19.9 Å². The van der Waals surface area contributed by atoms with Gasteiger partial charge in [-0.25, -0.2) is 0 Å². The molecule has 4 nitrogen and oxygen atoms in total. The third-order valence-electron chi connectivity index (χ3n) is 3.68. The molecule has 0 aromatic heterocycles. The van der Waals surface area contributed by atoms with Gasteiger partial charge in [0.2, 0.25) is 0 Å². The van der Waals surface area contributed by atoms with Gasteiger partial charge in [-0.05, 0) is 39.5 Å². The summed E-state index contributed by atoms with van der Waals surface area (Å²) in [6.45, 7) is 9.87. The Morgan fingerprint density at radius 3 is 2.68 bits per heavy atom. The Morgan fingerprint density at radius 1 is 1.37 bits per heavy atom. The molecule has 0 aromatic rings. The van der Waals surface area contributed by atoms with Crippen LogP contribution in [0.2, 0.25) is 0 Å². The van der Waals surface area contributed by atoms with Crippen LogP contribution in [0.4, 0.5) is 0 Å². The molecule has 3 atom stereocenters. The molecule has 0 saturated heterocycles. The maximum atomic E-state index is 9.74. The number of ether oxygens (including phenoxy) is 2. The summed E-state index contributed by atoms with van der Waals surface area (Å²) in [6, 6.07) is 0.381. The zero-order chi connectivity index (χ0) is 14.3. The Morgan fingerprint density at radius 2 is 2.11 bits per heavy atom. The van der Waals surface area contributed by atoms with Crippen LogP contribution in [0.15, 0.2) is 0 Å². The third kappa shape index (κ3) is 5.78. The molecule has 1 aliphatic rings. The minimum Gasteiger partial charge on any atom is -0.394 e. The van der Waals surface area contributed by atoms with E-state index in [9.17, 15) is 5.11 Å². The SMILES string of the molecule is CCOCC(C)OC1CCCC(CO)(NC(C)C)C1. The van der Waals surface area contributed by atoms with Gasteiger partial charge in [0.15, 0.2) is 0 Å². The minimum absolute atomic E-state index is 0.124. The smallest absolute Gasteiger partial charge is 0.0784 e. The van der Waals surface area contributed by atoms with E-state index in [4.69, 9.17) is 9.47 Å². The van der Waals surface area contributed by atoms with Crippen LogP contribution in [0, 0.1) is 0 Å². The molecular weight excluding hydrogens is 242 g/mol. The Labute approximate surface area is 117 Å². The van der Waals surface area contributed by atoms with Crippen molar-refractivity contribution in [3.8, 4) is 0 Å². The number of nitrogens with one attached hydrogen (secondary N) is 1. The summed E-state index contributed by atoms with van der Waals surface area (Å²) in [6.07, 6.45) is 4.45. The van der Waals surface area contributed by atoms with Crippen molar-refractivity contribution in [1.82, 2.24) is 5.32 Å². The van der Waals surface area contributed by atoms with Crippen LogP contribution in [0.25, 0.3) is 0 Å². The summed E-state index contributed by atoms with van der Waals surface area (Å²) < 4.78 is 11.4. The minimum atomic E-state index is -0.164. The van der Waals surface area contributed by atoms with E-state index in [1.807, 2.05) is 6.92 Å². The first-order chi connectivity index (χ1) is 9.01. The fraction of sp³-hybridized carbons (Fsp3) is 1.00. The highest BCUT2D eigenvalue weighted by Gasteiger charge is 2.37. The lowest BCUT2D eigenvalue weighted by Gasteiger charge is -2.42. The Balaban J connectivity index is 2.47. The first-order valence-electron chi connectivity index (χ1n) is 7.63. The zero-order valence-corrected chi connectivity index (χ0v) is 12.9. The summed E-state index contributed by atoms with van der Waals surface area (Å²) in [5.41, 5.74) is -0.164. The molecule has 0 radical (unpaired) electrons. The van der Waals surface area contributed by atoms with E-state index in [0.29, 0.717) is 12.6 Å². The van der Waals surface area contributed by atoms with E-state index < -0.39 is 0 Å². The van der Waals surface area contributed by atoms with E-state index in [-0.39, 0.29) is 24.4 Å². The molecule has 0 heterocycles. The molecule has 4 heteroatoms. The predicted molar refractivity (Wildman–Crippen MR) is 77.4 cm³/mol. The average molecular weight is 273 g/mol. The fourth-order valence-electron chi connectivity index (χ4n) is 3.01. The normalized spacial score (nSPS) is 29.7. The average Bonchev–Trinajstić information content (AvgIpc) is 2.36. The van der Waals surface area contributed by atoms with Gasteiger partial charge in [-0.15, -0.1) is 0 Å². The summed E-state index contributed by atoms with van der Waals surface area (Å²) in [5, 5.41) is 13.3. The van der Waals surface area contributed by atoms with Crippen molar-refractivity contribution in [2.75, 3.05) is 19.8 Å². The van der Waals surface area contributed by atoms with E-state index in [1.54, 1.807) is 0 Å². The lowest BCUT2D eigenvalue weighted by molar-refractivity contribution is -0.0781. The monoisotopic (exact) mass is 273 g/mol. The highest BCUT2D eigenvalue weighted by Crippen LogP contribution is 2.31. The quantitative estimate of drug-likeness (QED) is 0.711. The number of aliphatic hydroxyl groups excluding tert-OH is 1. The number of rotatable bonds is 8. The highest BCUT2D eigenvalue weighted by molar-refractivity contribution is 4.95. The second-order valence-electron chi connectivity index (χ2n) is 6.06. The van der Waals surface area contributed by atoms with E-state index in [2.05, 4.69) is 26.1 Å². The second-order valence-corrected chi connectivity index (χ2v) is 6.06. The van der Waals surface area contributed by atoms with Crippen molar-refractivity contribution >= 4 is 0 Å². The largest absolute Gasteiger partial charge is 0.394 e. The van der Waals surface area contributed by atoms with Gasteiger partial charge in [0, 0.05) is 18.2 Å². The second kappa shape index (κ2) is 8.20. The summed E-state index contributed by atoms with van der Waals surface area (Å²) in [5.74, 6) is 0. The van der Waals surface area contributed by atoms with Crippen molar-refractivity contribution in [1.29, 1.82) is 0 Å². The van der Waals surface area contributed by atoms with Crippen molar-refractivity contribution in [2.24, 2.45) is 0 Å². The predicted octanol–water partition coefficient (Wildman–Crippen LogP) is 2.10. The first-order valence-corrected chi connectivity index (χ1v) is 7.63. The fourth-order valence-corrected chi connectivity index (χ4v) is 3.01. The maximum absolute atomic E-state index is 9.74. The van der Waals surface area contributed by atoms with Gasteiger partial charge in [0.05, 0.1) is 25.4 Å². The molecular formula is C15H31NO3. The number of hydrogen-bond acceptors (Lipinski definition) is 4. The maximum Gasteiger partial charge on any atom is 0.0784 e. The molecule has 0 aromatic carbocycles. The first kappa shape index (κ1) is 16.9. The van der Waals surface area contributed by atoms with Crippen molar-refractivity contribution in [2.45, 2.75) is 77.2 Å². The van der Waals surface area contributed by atoms with Crippen LogP contribution in [0.3, 0.4) is 0 Å². The van der Waals surface area contributed by atoms with Gasteiger partial charge in [-0.2, -0.15) is 0 Å². The van der Waals surface area contributed by atoms with Crippen molar-refractivity contribution in [3.05, 3.63) is 0 Å². The zero-order valence-electron chi connectivity index (χ0n) is 12.9. The van der Waals surface area contributed by atoms with Gasteiger partial charge in [-0.1, -0.05) is 13.8 Å².